The zero-order valence-electron chi connectivity index (χ0n) is 14.0. The number of nitrogens with one attached hydrogen (secondary N) is 1. The minimum atomic E-state index is -0.638. The number of rotatable bonds is 7. The van der Waals surface area contributed by atoms with E-state index in [0.717, 1.165) is 18.7 Å². The summed E-state index contributed by atoms with van der Waals surface area (Å²) in [7, 11) is 1.35. The second-order valence-corrected chi connectivity index (χ2v) is 6.13. The highest BCUT2D eigenvalue weighted by molar-refractivity contribution is 5.84. The lowest BCUT2D eigenvalue weighted by Gasteiger charge is -2.24. The Kier molecular flexibility index (Phi) is 6.59. The molecule has 1 aliphatic heterocycles. The summed E-state index contributed by atoms with van der Waals surface area (Å²) in [6.07, 6.45) is 3.25. The molecule has 2 rings (SSSR count). The molecule has 1 fully saturated rings. The molecule has 1 aromatic carbocycles. The van der Waals surface area contributed by atoms with E-state index in [2.05, 4.69) is 17.1 Å². The van der Waals surface area contributed by atoms with Gasteiger partial charge < -0.3 is 15.0 Å². The molecular weight excluding hydrogens is 292 g/mol. The van der Waals surface area contributed by atoms with Crippen LogP contribution in [0.2, 0.25) is 0 Å². The Morgan fingerprint density at radius 3 is 2.48 bits per heavy atom. The summed E-state index contributed by atoms with van der Waals surface area (Å²) in [4.78, 5) is 26.6. The number of carbonyl (C=O) groups excluding carboxylic acids is 2. The van der Waals surface area contributed by atoms with Crippen molar-refractivity contribution in [2.24, 2.45) is 0 Å². The van der Waals surface area contributed by atoms with E-state index in [0.29, 0.717) is 12.8 Å². The number of methoxy groups -OCH3 is 1. The molecule has 0 spiro atoms. The Hall–Kier alpha value is -1.88. The van der Waals surface area contributed by atoms with Crippen molar-refractivity contribution in [3.63, 3.8) is 0 Å². The van der Waals surface area contributed by atoms with Crippen LogP contribution in [0.4, 0.5) is 0 Å². The molecule has 1 amide bonds. The first-order valence-corrected chi connectivity index (χ1v) is 8.25. The number of hydrogen-bond donors (Lipinski definition) is 1. The first-order valence-electron chi connectivity index (χ1n) is 8.25. The number of ether oxygens (including phenoxy) is 1. The molecule has 1 unspecified atom stereocenters. The first-order chi connectivity index (χ1) is 11.1. The number of nitrogens with zero attached hydrogens (tertiary/aromatic N) is 1. The second kappa shape index (κ2) is 8.67. The third-order valence-corrected chi connectivity index (χ3v) is 4.35. The number of amides is 1. The van der Waals surface area contributed by atoms with Crippen LogP contribution < -0.4 is 5.32 Å². The van der Waals surface area contributed by atoms with Gasteiger partial charge in [-0.2, -0.15) is 0 Å². The fraction of sp³-hybridized carbons (Fsp3) is 0.556. The Morgan fingerprint density at radius 2 is 1.87 bits per heavy atom. The van der Waals surface area contributed by atoms with Crippen molar-refractivity contribution in [1.29, 1.82) is 0 Å². The van der Waals surface area contributed by atoms with Gasteiger partial charge in [-0.05, 0) is 38.4 Å². The Labute approximate surface area is 138 Å². The van der Waals surface area contributed by atoms with Crippen molar-refractivity contribution in [1.82, 2.24) is 10.2 Å². The van der Waals surface area contributed by atoms with E-state index < -0.39 is 12.0 Å². The van der Waals surface area contributed by atoms with Crippen molar-refractivity contribution in [3.8, 4) is 0 Å². The van der Waals surface area contributed by atoms with Gasteiger partial charge in [0.2, 0.25) is 5.91 Å². The number of hydrogen-bond acceptors (Lipinski definition) is 4. The zero-order valence-corrected chi connectivity index (χ0v) is 14.0. The zero-order chi connectivity index (χ0) is 16.7. The third kappa shape index (κ3) is 5.36. The predicted molar refractivity (Wildman–Crippen MR) is 89.0 cm³/mol. The molecule has 5 nitrogen and oxygen atoms in total. The van der Waals surface area contributed by atoms with E-state index in [1.54, 1.807) is 0 Å². The van der Waals surface area contributed by atoms with Crippen LogP contribution in [0.15, 0.2) is 30.3 Å². The van der Waals surface area contributed by atoms with Crippen LogP contribution in [0.25, 0.3) is 0 Å². The van der Waals surface area contributed by atoms with Gasteiger partial charge in [0, 0.05) is 18.9 Å². The lowest BCUT2D eigenvalue weighted by molar-refractivity contribution is -0.145. The van der Waals surface area contributed by atoms with E-state index >= 15 is 0 Å². The smallest absolute Gasteiger partial charge is 0.328 e. The minimum absolute atomic E-state index is 0.101. The highest BCUT2D eigenvalue weighted by Gasteiger charge is 2.25. The molecule has 0 bridgehead atoms. The summed E-state index contributed by atoms with van der Waals surface area (Å²) < 4.78 is 4.83. The average Bonchev–Trinajstić information content (AvgIpc) is 3.09. The molecule has 1 aliphatic rings. The van der Waals surface area contributed by atoms with Gasteiger partial charge in [-0.1, -0.05) is 30.3 Å². The maximum absolute atomic E-state index is 12.3. The van der Waals surface area contributed by atoms with Crippen molar-refractivity contribution < 1.29 is 14.3 Å². The number of benzene rings is 1. The molecule has 1 aromatic rings. The average molecular weight is 318 g/mol. The van der Waals surface area contributed by atoms with Crippen LogP contribution in [-0.2, 0) is 20.7 Å². The van der Waals surface area contributed by atoms with Gasteiger partial charge in [-0.15, -0.1) is 0 Å². The van der Waals surface area contributed by atoms with E-state index in [1.807, 2.05) is 30.3 Å². The molecular formula is C18H26N2O3. The molecule has 0 aliphatic carbocycles. The normalized spacial score (nSPS) is 17.5. The molecule has 1 saturated heterocycles. The van der Waals surface area contributed by atoms with Crippen LogP contribution >= 0.6 is 0 Å². The standard InChI is InChI=1S/C18H26N2O3/c1-14(20-10-6-7-11-20)12-17(21)19-16(18(22)23-2)13-15-8-4-3-5-9-15/h3-5,8-9,14,16H,6-7,10-13H2,1-2H3,(H,19,21)/t14-,16?/m0/s1. The van der Waals surface area contributed by atoms with E-state index in [1.165, 1.54) is 20.0 Å². The maximum atomic E-state index is 12.3. The second-order valence-electron chi connectivity index (χ2n) is 6.13. The van der Waals surface area contributed by atoms with Crippen LogP contribution in [-0.4, -0.2) is 49.1 Å². The summed E-state index contributed by atoms with van der Waals surface area (Å²) in [6, 6.07) is 9.20. The monoisotopic (exact) mass is 318 g/mol. The Bertz CT molecular complexity index is 512. The van der Waals surface area contributed by atoms with Crippen LogP contribution in [0.3, 0.4) is 0 Å². The van der Waals surface area contributed by atoms with Crippen molar-refractivity contribution >= 4 is 11.9 Å². The van der Waals surface area contributed by atoms with Gasteiger partial charge in [0.25, 0.3) is 0 Å². The molecule has 0 radical (unpaired) electrons. The van der Waals surface area contributed by atoms with Gasteiger partial charge in [-0.3, -0.25) is 4.79 Å². The molecule has 5 heteroatoms. The van der Waals surface area contributed by atoms with Gasteiger partial charge >= 0.3 is 5.97 Å². The van der Waals surface area contributed by atoms with E-state index in [-0.39, 0.29) is 11.9 Å². The van der Waals surface area contributed by atoms with Crippen molar-refractivity contribution in [3.05, 3.63) is 35.9 Å². The molecule has 0 aromatic heterocycles. The summed E-state index contributed by atoms with van der Waals surface area (Å²) in [6.45, 7) is 4.17. The minimum Gasteiger partial charge on any atom is -0.467 e. The topological polar surface area (TPSA) is 58.6 Å². The van der Waals surface area contributed by atoms with Crippen LogP contribution in [0.1, 0.15) is 31.7 Å². The van der Waals surface area contributed by atoms with Crippen LogP contribution in [0, 0.1) is 0 Å². The lowest BCUT2D eigenvalue weighted by Crippen LogP contribution is -2.45. The predicted octanol–water partition coefficient (Wildman–Crippen LogP) is 1.76. The summed E-state index contributed by atoms with van der Waals surface area (Å²) in [5.74, 6) is -0.508. The Balaban J connectivity index is 1.91. The van der Waals surface area contributed by atoms with Gasteiger partial charge in [0.05, 0.1) is 7.11 Å². The fourth-order valence-corrected chi connectivity index (χ4v) is 3.02. The maximum Gasteiger partial charge on any atom is 0.328 e. The molecule has 1 heterocycles. The molecule has 126 valence electrons. The fourth-order valence-electron chi connectivity index (χ4n) is 3.02. The summed E-state index contributed by atoms with van der Waals surface area (Å²) in [5, 5.41) is 2.83. The third-order valence-electron chi connectivity index (χ3n) is 4.35. The van der Waals surface area contributed by atoms with Crippen LogP contribution in [0.5, 0.6) is 0 Å². The van der Waals surface area contributed by atoms with Crippen molar-refractivity contribution in [2.45, 2.75) is 44.7 Å². The quantitative estimate of drug-likeness (QED) is 0.778. The Morgan fingerprint density at radius 1 is 1.22 bits per heavy atom. The summed E-state index contributed by atoms with van der Waals surface area (Å²) >= 11 is 0. The largest absolute Gasteiger partial charge is 0.467 e. The molecule has 1 N–H and O–H groups in total. The van der Waals surface area contributed by atoms with Gasteiger partial charge in [0.1, 0.15) is 6.04 Å². The molecule has 0 saturated carbocycles. The molecule has 2 atom stereocenters. The first kappa shape index (κ1) is 17.5. The SMILES string of the molecule is COC(=O)C(Cc1ccccc1)NC(=O)C[C@H](C)N1CCCC1. The number of esters is 1. The number of likely N-dealkylation sites (tertiary alicyclic amines) is 1. The highest BCUT2D eigenvalue weighted by atomic mass is 16.5. The number of carbonyl (C=O) groups is 2. The lowest BCUT2D eigenvalue weighted by atomic mass is 10.1. The van der Waals surface area contributed by atoms with Gasteiger partial charge in [0.15, 0.2) is 0 Å². The van der Waals surface area contributed by atoms with Gasteiger partial charge in [-0.25, -0.2) is 4.79 Å². The van der Waals surface area contributed by atoms with E-state index in [4.69, 9.17) is 4.74 Å². The van der Waals surface area contributed by atoms with Crippen molar-refractivity contribution in [2.75, 3.05) is 20.2 Å². The van der Waals surface area contributed by atoms with E-state index in [9.17, 15) is 9.59 Å². The molecule has 23 heavy (non-hydrogen) atoms. The summed E-state index contributed by atoms with van der Waals surface area (Å²) in [5.41, 5.74) is 0.996. The highest BCUT2D eigenvalue weighted by Crippen LogP contribution is 2.14.